The van der Waals surface area contributed by atoms with Gasteiger partial charge >= 0.3 is 0 Å². The minimum Gasteiger partial charge on any atom is -0.392 e. The number of amides is 1. The summed E-state index contributed by atoms with van der Waals surface area (Å²) in [5, 5.41) is 16.7. The molecule has 0 saturated carbocycles. The molecule has 0 atom stereocenters. The molecule has 2 N–H and O–H groups in total. The summed E-state index contributed by atoms with van der Waals surface area (Å²) >= 11 is 0. The number of carbonyl (C=O) groups is 1. The topological polar surface area (TPSA) is 72.5 Å². The fraction of sp³-hybridized carbons (Fsp3) is 0.304. The van der Waals surface area contributed by atoms with E-state index in [0.29, 0.717) is 18.8 Å². The Kier molecular flexibility index (Phi) is 5.74. The van der Waals surface area contributed by atoms with Crippen LogP contribution in [-0.2, 0) is 13.2 Å². The van der Waals surface area contributed by atoms with Gasteiger partial charge in [-0.05, 0) is 24.1 Å². The quantitative estimate of drug-likeness (QED) is 0.703. The molecule has 0 aliphatic carbocycles. The second kappa shape index (κ2) is 8.59. The highest BCUT2D eigenvalue weighted by atomic mass is 16.3. The minimum atomic E-state index is -0.00808. The van der Waals surface area contributed by atoms with Crippen molar-refractivity contribution in [2.24, 2.45) is 0 Å². The fourth-order valence-corrected chi connectivity index (χ4v) is 3.69. The van der Waals surface area contributed by atoms with Crippen molar-refractivity contribution in [2.45, 2.75) is 20.1 Å². The maximum absolute atomic E-state index is 12.9. The fourth-order valence-electron chi connectivity index (χ4n) is 3.69. The van der Waals surface area contributed by atoms with Crippen molar-refractivity contribution in [3.05, 3.63) is 77.0 Å². The van der Waals surface area contributed by atoms with Crippen LogP contribution < -0.4 is 0 Å². The minimum absolute atomic E-state index is 0.00808. The van der Waals surface area contributed by atoms with Crippen LogP contribution in [0.25, 0.3) is 11.3 Å². The van der Waals surface area contributed by atoms with E-state index in [0.717, 1.165) is 42.0 Å². The average Bonchev–Trinajstić information content (AvgIpc) is 3.25. The molecule has 6 heteroatoms. The molecule has 2 heterocycles. The van der Waals surface area contributed by atoms with Gasteiger partial charge in [-0.3, -0.25) is 14.8 Å². The number of aromatic nitrogens is 2. The molecule has 1 aromatic heterocycles. The molecule has 1 amide bonds. The number of hydrogen-bond acceptors (Lipinski definition) is 4. The SMILES string of the molecule is Cc1ccc(-c2cc(C(=O)N3CCN(Cc4ccccc4CO)CC3)[nH]n2)cc1. The normalized spacial score (nSPS) is 14.9. The van der Waals surface area contributed by atoms with Crippen molar-refractivity contribution in [1.82, 2.24) is 20.0 Å². The van der Waals surface area contributed by atoms with E-state index < -0.39 is 0 Å². The maximum Gasteiger partial charge on any atom is 0.271 e. The Morgan fingerprint density at radius 1 is 1.03 bits per heavy atom. The lowest BCUT2D eigenvalue weighted by Gasteiger charge is -2.34. The van der Waals surface area contributed by atoms with Gasteiger partial charge in [0.1, 0.15) is 5.69 Å². The van der Waals surface area contributed by atoms with Gasteiger partial charge in [-0.2, -0.15) is 5.10 Å². The van der Waals surface area contributed by atoms with E-state index in [-0.39, 0.29) is 12.5 Å². The largest absolute Gasteiger partial charge is 0.392 e. The molecule has 4 rings (SSSR count). The predicted octanol–water partition coefficient (Wildman–Crippen LogP) is 2.84. The van der Waals surface area contributed by atoms with Gasteiger partial charge < -0.3 is 10.0 Å². The average molecular weight is 390 g/mol. The van der Waals surface area contributed by atoms with Gasteiger partial charge in [0, 0.05) is 38.3 Å². The van der Waals surface area contributed by atoms with Gasteiger partial charge in [0.2, 0.25) is 0 Å². The first kappa shape index (κ1) is 19.4. The number of aliphatic hydroxyl groups excluding tert-OH is 1. The zero-order chi connectivity index (χ0) is 20.2. The number of nitrogens with zero attached hydrogens (tertiary/aromatic N) is 3. The summed E-state index contributed by atoms with van der Waals surface area (Å²) in [6.07, 6.45) is 0. The van der Waals surface area contributed by atoms with Crippen LogP contribution in [0.3, 0.4) is 0 Å². The highest BCUT2D eigenvalue weighted by molar-refractivity contribution is 5.93. The summed E-state index contributed by atoms with van der Waals surface area (Å²) in [5.41, 5.74) is 5.61. The Balaban J connectivity index is 1.36. The molecule has 29 heavy (non-hydrogen) atoms. The van der Waals surface area contributed by atoms with E-state index in [2.05, 4.69) is 21.2 Å². The smallest absolute Gasteiger partial charge is 0.271 e. The Morgan fingerprint density at radius 2 is 1.72 bits per heavy atom. The predicted molar refractivity (Wildman–Crippen MR) is 112 cm³/mol. The molecule has 1 saturated heterocycles. The Bertz CT molecular complexity index is 973. The Hall–Kier alpha value is -2.96. The molecule has 0 bridgehead atoms. The standard InChI is InChI=1S/C23H26N4O2/c1-17-6-8-18(9-7-17)21-14-22(25-24-21)23(29)27-12-10-26(11-13-27)15-19-4-2-3-5-20(19)16-28/h2-9,14,28H,10-13,15-16H2,1H3,(H,24,25). The van der Waals surface area contributed by atoms with E-state index in [9.17, 15) is 9.90 Å². The van der Waals surface area contributed by atoms with Crippen LogP contribution in [0.5, 0.6) is 0 Å². The molecule has 0 radical (unpaired) electrons. The third-order valence-corrected chi connectivity index (χ3v) is 5.50. The van der Waals surface area contributed by atoms with Crippen LogP contribution >= 0.6 is 0 Å². The van der Waals surface area contributed by atoms with Crippen molar-refractivity contribution < 1.29 is 9.90 Å². The second-order valence-electron chi connectivity index (χ2n) is 7.53. The molecule has 1 aliphatic heterocycles. The molecule has 3 aromatic rings. The number of aromatic amines is 1. The molecule has 0 spiro atoms. The lowest BCUT2D eigenvalue weighted by atomic mass is 10.1. The Labute approximate surface area is 170 Å². The van der Waals surface area contributed by atoms with E-state index in [1.54, 1.807) is 0 Å². The molecular weight excluding hydrogens is 364 g/mol. The number of H-pyrrole nitrogens is 1. The first-order valence-electron chi connectivity index (χ1n) is 9.96. The van der Waals surface area contributed by atoms with Crippen LogP contribution in [0.4, 0.5) is 0 Å². The van der Waals surface area contributed by atoms with Crippen molar-refractivity contribution in [3.63, 3.8) is 0 Å². The highest BCUT2D eigenvalue weighted by Gasteiger charge is 2.24. The van der Waals surface area contributed by atoms with Crippen LogP contribution in [-0.4, -0.2) is 57.2 Å². The van der Waals surface area contributed by atoms with E-state index in [4.69, 9.17) is 0 Å². The summed E-state index contributed by atoms with van der Waals surface area (Å²) < 4.78 is 0. The molecule has 6 nitrogen and oxygen atoms in total. The molecule has 1 fully saturated rings. The van der Waals surface area contributed by atoms with Gasteiger partial charge in [-0.15, -0.1) is 0 Å². The van der Waals surface area contributed by atoms with Crippen LogP contribution in [0.1, 0.15) is 27.2 Å². The molecule has 2 aromatic carbocycles. The van der Waals surface area contributed by atoms with E-state index >= 15 is 0 Å². The maximum atomic E-state index is 12.9. The van der Waals surface area contributed by atoms with E-state index in [1.807, 2.05) is 60.4 Å². The van der Waals surface area contributed by atoms with Gasteiger partial charge in [0.15, 0.2) is 0 Å². The Morgan fingerprint density at radius 3 is 2.41 bits per heavy atom. The summed E-state index contributed by atoms with van der Waals surface area (Å²) in [5.74, 6) is -0.00808. The van der Waals surface area contributed by atoms with Gasteiger partial charge in [-0.1, -0.05) is 54.1 Å². The summed E-state index contributed by atoms with van der Waals surface area (Å²) in [6, 6.07) is 17.9. The first-order valence-corrected chi connectivity index (χ1v) is 9.96. The van der Waals surface area contributed by atoms with Crippen LogP contribution in [0.2, 0.25) is 0 Å². The number of hydrogen-bond donors (Lipinski definition) is 2. The zero-order valence-corrected chi connectivity index (χ0v) is 16.6. The number of piperazine rings is 1. The van der Waals surface area contributed by atoms with Crippen molar-refractivity contribution in [2.75, 3.05) is 26.2 Å². The van der Waals surface area contributed by atoms with Crippen molar-refractivity contribution >= 4 is 5.91 Å². The van der Waals surface area contributed by atoms with Crippen LogP contribution in [0.15, 0.2) is 54.6 Å². The zero-order valence-electron chi connectivity index (χ0n) is 16.6. The van der Waals surface area contributed by atoms with E-state index in [1.165, 1.54) is 5.56 Å². The molecule has 150 valence electrons. The number of aliphatic hydroxyl groups is 1. The summed E-state index contributed by atoms with van der Waals surface area (Å²) in [6.45, 7) is 5.87. The summed E-state index contributed by atoms with van der Waals surface area (Å²) in [7, 11) is 0. The summed E-state index contributed by atoms with van der Waals surface area (Å²) in [4.78, 5) is 17.1. The number of rotatable bonds is 5. The lowest BCUT2D eigenvalue weighted by Crippen LogP contribution is -2.48. The van der Waals surface area contributed by atoms with Crippen molar-refractivity contribution in [3.8, 4) is 11.3 Å². The number of nitrogens with one attached hydrogen (secondary N) is 1. The number of benzene rings is 2. The van der Waals surface area contributed by atoms with Crippen LogP contribution in [0, 0.1) is 6.92 Å². The molecule has 1 aliphatic rings. The van der Waals surface area contributed by atoms with Gasteiger partial charge in [0.05, 0.1) is 12.3 Å². The number of carbonyl (C=O) groups excluding carboxylic acids is 1. The highest BCUT2D eigenvalue weighted by Crippen LogP contribution is 2.20. The second-order valence-corrected chi connectivity index (χ2v) is 7.53. The molecular formula is C23H26N4O2. The third-order valence-electron chi connectivity index (χ3n) is 5.50. The molecule has 0 unspecified atom stereocenters. The lowest BCUT2D eigenvalue weighted by molar-refractivity contribution is 0.0622. The third kappa shape index (κ3) is 4.39. The number of aryl methyl sites for hydroxylation is 1. The first-order chi connectivity index (χ1) is 14.1. The monoisotopic (exact) mass is 390 g/mol. The van der Waals surface area contributed by atoms with Crippen molar-refractivity contribution in [1.29, 1.82) is 0 Å². The van der Waals surface area contributed by atoms with Gasteiger partial charge in [0.25, 0.3) is 5.91 Å². The van der Waals surface area contributed by atoms with Gasteiger partial charge in [-0.25, -0.2) is 0 Å².